The van der Waals surface area contributed by atoms with Gasteiger partial charge in [-0.05, 0) is 19.8 Å². The van der Waals surface area contributed by atoms with Gasteiger partial charge in [0.2, 0.25) is 0 Å². The van der Waals surface area contributed by atoms with E-state index in [-0.39, 0.29) is 0 Å². The zero-order valence-electron chi connectivity index (χ0n) is 17.6. The van der Waals surface area contributed by atoms with E-state index in [2.05, 4.69) is 43.0 Å². The van der Waals surface area contributed by atoms with Gasteiger partial charge >= 0.3 is 0 Å². The molecule has 1 unspecified atom stereocenters. The molecular weight excluding hydrogens is 304 g/mol. The molecule has 0 fully saturated rings. The molecule has 0 saturated carbocycles. The summed E-state index contributed by atoms with van der Waals surface area (Å²) in [6.45, 7) is 9.36. The molecule has 0 N–H and O–H groups in total. The van der Waals surface area contributed by atoms with Crippen LogP contribution in [0, 0.1) is 0 Å². The van der Waals surface area contributed by atoms with Gasteiger partial charge in [0.25, 0.3) is 0 Å². The molecule has 25 heavy (non-hydrogen) atoms. The standard InChI is InChI=1S/C23H46N2/c1-4-6-8-9-10-11-12-13-14-15-16-17-18-20-25-22-21-24(23(25)3)19-7-5-2/h21-23H,4-20H2,1-3H3. The van der Waals surface area contributed by atoms with E-state index in [0.29, 0.717) is 6.17 Å². The molecule has 0 aromatic heterocycles. The number of rotatable bonds is 17. The molecule has 148 valence electrons. The maximum absolute atomic E-state index is 2.52. The topological polar surface area (TPSA) is 6.48 Å². The normalized spacial score (nSPS) is 17.0. The molecule has 1 atom stereocenters. The maximum Gasteiger partial charge on any atom is 0.0977 e. The van der Waals surface area contributed by atoms with E-state index in [9.17, 15) is 0 Å². The zero-order valence-corrected chi connectivity index (χ0v) is 17.6. The van der Waals surface area contributed by atoms with Gasteiger partial charge in [-0.2, -0.15) is 0 Å². The van der Waals surface area contributed by atoms with Crippen LogP contribution in [0.2, 0.25) is 0 Å². The van der Waals surface area contributed by atoms with Crippen LogP contribution in [0.4, 0.5) is 0 Å². The van der Waals surface area contributed by atoms with Crippen LogP contribution >= 0.6 is 0 Å². The van der Waals surface area contributed by atoms with Crippen molar-refractivity contribution in [1.29, 1.82) is 0 Å². The molecule has 0 aliphatic carbocycles. The largest absolute Gasteiger partial charge is 0.356 e. The minimum absolute atomic E-state index is 0.573. The highest BCUT2D eigenvalue weighted by atomic mass is 15.4. The minimum atomic E-state index is 0.573. The highest BCUT2D eigenvalue weighted by molar-refractivity contribution is 4.95. The van der Waals surface area contributed by atoms with Crippen molar-refractivity contribution in [2.45, 2.75) is 123 Å². The van der Waals surface area contributed by atoms with Gasteiger partial charge in [0, 0.05) is 25.5 Å². The van der Waals surface area contributed by atoms with Crippen molar-refractivity contribution in [3.05, 3.63) is 12.4 Å². The summed E-state index contributed by atoms with van der Waals surface area (Å²) in [6.07, 6.45) is 26.5. The Hall–Kier alpha value is -0.660. The fraction of sp³-hybridized carbons (Fsp3) is 0.913. The number of hydrogen-bond donors (Lipinski definition) is 0. The summed E-state index contributed by atoms with van der Waals surface area (Å²) < 4.78 is 0. The lowest BCUT2D eigenvalue weighted by Crippen LogP contribution is -2.36. The van der Waals surface area contributed by atoms with E-state index in [1.165, 1.54) is 109 Å². The third kappa shape index (κ3) is 10.8. The molecule has 1 aliphatic rings. The van der Waals surface area contributed by atoms with Crippen molar-refractivity contribution in [3.8, 4) is 0 Å². The Morgan fingerprint density at radius 2 is 0.880 bits per heavy atom. The van der Waals surface area contributed by atoms with E-state index >= 15 is 0 Å². The number of nitrogens with zero attached hydrogens (tertiary/aromatic N) is 2. The predicted molar refractivity (Wildman–Crippen MR) is 113 cm³/mol. The Labute approximate surface area is 159 Å². The second-order valence-corrected chi connectivity index (χ2v) is 8.00. The smallest absolute Gasteiger partial charge is 0.0977 e. The zero-order chi connectivity index (χ0) is 18.2. The lowest BCUT2D eigenvalue weighted by atomic mass is 10.0. The van der Waals surface area contributed by atoms with Crippen molar-refractivity contribution < 1.29 is 0 Å². The van der Waals surface area contributed by atoms with E-state index in [1.54, 1.807) is 0 Å². The molecule has 0 aromatic carbocycles. The summed E-state index contributed by atoms with van der Waals surface area (Å²) in [5.74, 6) is 0. The van der Waals surface area contributed by atoms with Crippen LogP contribution in [-0.2, 0) is 0 Å². The van der Waals surface area contributed by atoms with Gasteiger partial charge in [-0.3, -0.25) is 0 Å². The number of unbranched alkanes of at least 4 members (excludes halogenated alkanes) is 13. The summed E-state index contributed by atoms with van der Waals surface area (Å²) in [6, 6.07) is 0. The molecule has 0 aromatic rings. The Morgan fingerprint density at radius 1 is 0.520 bits per heavy atom. The molecule has 1 rings (SSSR count). The van der Waals surface area contributed by atoms with Crippen LogP contribution in [0.15, 0.2) is 12.4 Å². The number of hydrogen-bond acceptors (Lipinski definition) is 2. The average molecular weight is 351 g/mol. The molecule has 1 heterocycles. The Kier molecular flexibility index (Phi) is 14.0. The van der Waals surface area contributed by atoms with E-state index in [4.69, 9.17) is 0 Å². The molecule has 0 radical (unpaired) electrons. The third-order valence-corrected chi connectivity index (χ3v) is 5.70. The van der Waals surface area contributed by atoms with Crippen LogP contribution < -0.4 is 0 Å². The lowest BCUT2D eigenvalue weighted by molar-refractivity contribution is 0.166. The summed E-state index contributed by atoms with van der Waals surface area (Å²) >= 11 is 0. The summed E-state index contributed by atoms with van der Waals surface area (Å²) in [5.41, 5.74) is 0. The summed E-state index contributed by atoms with van der Waals surface area (Å²) in [5, 5.41) is 0. The van der Waals surface area contributed by atoms with Gasteiger partial charge in [0.15, 0.2) is 0 Å². The third-order valence-electron chi connectivity index (χ3n) is 5.70. The highest BCUT2D eigenvalue weighted by Crippen LogP contribution is 2.18. The predicted octanol–water partition coefficient (Wildman–Crippen LogP) is 7.31. The lowest BCUT2D eigenvalue weighted by Gasteiger charge is -2.29. The molecule has 0 spiro atoms. The van der Waals surface area contributed by atoms with E-state index in [1.807, 2.05) is 0 Å². The van der Waals surface area contributed by atoms with Crippen molar-refractivity contribution in [1.82, 2.24) is 9.80 Å². The first-order valence-corrected chi connectivity index (χ1v) is 11.5. The van der Waals surface area contributed by atoms with Crippen molar-refractivity contribution in [3.63, 3.8) is 0 Å². The van der Waals surface area contributed by atoms with Gasteiger partial charge in [-0.15, -0.1) is 0 Å². The van der Waals surface area contributed by atoms with Gasteiger partial charge in [-0.1, -0.05) is 97.3 Å². The maximum atomic E-state index is 2.52. The van der Waals surface area contributed by atoms with E-state index < -0.39 is 0 Å². The van der Waals surface area contributed by atoms with Gasteiger partial charge < -0.3 is 9.80 Å². The van der Waals surface area contributed by atoms with Crippen LogP contribution in [-0.4, -0.2) is 29.1 Å². The quantitative estimate of drug-likeness (QED) is 0.254. The van der Waals surface area contributed by atoms with Crippen molar-refractivity contribution in [2.24, 2.45) is 0 Å². The monoisotopic (exact) mass is 350 g/mol. The second kappa shape index (κ2) is 15.6. The van der Waals surface area contributed by atoms with Crippen LogP contribution in [0.5, 0.6) is 0 Å². The first-order chi connectivity index (χ1) is 12.3. The van der Waals surface area contributed by atoms with Crippen molar-refractivity contribution in [2.75, 3.05) is 13.1 Å². The Balaban J connectivity index is 1.84. The van der Waals surface area contributed by atoms with Crippen LogP contribution in [0.25, 0.3) is 0 Å². The molecule has 0 saturated heterocycles. The van der Waals surface area contributed by atoms with Gasteiger partial charge in [-0.25, -0.2) is 0 Å². The molecule has 2 heteroatoms. The molecule has 0 bridgehead atoms. The first kappa shape index (κ1) is 22.4. The first-order valence-electron chi connectivity index (χ1n) is 11.5. The van der Waals surface area contributed by atoms with Gasteiger partial charge in [0.05, 0.1) is 6.17 Å². The molecule has 0 amide bonds. The van der Waals surface area contributed by atoms with Crippen molar-refractivity contribution >= 4 is 0 Å². The summed E-state index contributed by atoms with van der Waals surface area (Å²) in [7, 11) is 0. The summed E-state index contributed by atoms with van der Waals surface area (Å²) in [4.78, 5) is 5.01. The van der Waals surface area contributed by atoms with Gasteiger partial charge in [0.1, 0.15) is 0 Å². The fourth-order valence-corrected chi connectivity index (χ4v) is 3.79. The molecule has 2 nitrogen and oxygen atoms in total. The SMILES string of the molecule is CCCCCCCCCCCCCCCN1C=CN(CCCC)C1C. The fourth-order valence-electron chi connectivity index (χ4n) is 3.79. The minimum Gasteiger partial charge on any atom is -0.356 e. The van der Waals surface area contributed by atoms with Crippen LogP contribution in [0.3, 0.4) is 0 Å². The van der Waals surface area contributed by atoms with E-state index in [0.717, 1.165) is 0 Å². The Bertz CT molecular complexity index is 313. The molecular formula is C23H46N2. The second-order valence-electron chi connectivity index (χ2n) is 8.00. The Morgan fingerprint density at radius 3 is 1.32 bits per heavy atom. The average Bonchev–Trinajstić information content (AvgIpc) is 2.97. The highest BCUT2D eigenvalue weighted by Gasteiger charge is 2.20. The molecule has 1 aliphatic heterocycles. The van der Waals surface area contributed by atoms with Crippen LogP contribution in [0.1, 0.15) is 117 Å².